The Morgan fingerprint density at radius 3 is 2.45 bits per heavy atom. The number of hydrogen-bond donors (Lipinski definition) is 1. The fourth-order valence-electron chi connectivity index (χ4n) is 3.90. The van der Waals surface area contributed by atoms with Crippen LogP contribution in [0.2, 0.25) is 0 Å². The molecule has 1 aromatic carbocycles. The van der Waals surface area contributed by atoms with Crippen molar-refractivity contribution in [2.24, 2.45) is 0 Å². The number of phenols is 1. The van der Waals surface area contributed by atoms with E-state index in [1.807, 2.05) is 0 Å². The molecule has 1 aliphatic heterocycles. The number of phenolic OH excluding ortho intramolecular Hbond substituents is 1. The second-order valence-electron chi connectivity index (χ2n) is 7.66. The largest absolute Gasteiger partial charge is 0.507 e. The van der Waals surface area contributed by atoms with E-state index in [4.69, 9.17) is 4.74 Å². The highest BCUT2D eigenvalue weighted by Crippen LogP contribution is 2.26. The highest BCUT2D eigenvalue weighted by molar-refractivity contribution is 7.89. The van der Waals surface area contributed by atoms with Gasteiger partial charge in [0.2, 0.25) is 10.0 Å². The lowest BCUT2D eigenvalue weighted by atomic mass is 9.94. The van der Waals surface area contributed by atoms with Crippen molar-refractivity contribution in [2.45, 2.75) is 55.9 Å². The van der Waals surface area contributed by atoms with Gasteiger partial charge in [0.25, 0.3) is 5.91 Å². The zero-order chi connectivity index (χ0) is 21.0. The van der Waals surface area contributed by atoms with E-state index in [0.717, 1.165) is 50.7 Å². The molecule has 3 rings (SSSR count). The predicted octanol–water partition coefficient (Wildman–Crippen LogP) is 2.12. The van der Waals surface area contributed by atoms with E-state index in [-0.39, 0.29) is 28.2 Å². The van der Waals surface area contributed by atoms with E-state index in [9.17, 15) is 23.1 Å². The molecule has 1 amide bonds. The van der Waals surface area contributed by atoms with Gasteiger partial charge in [0, 0.05) is 26.2 Å². The van der Waals surface area contributed by atoms with Gasteiger partial charge in [-0.05, 0) is 43.9 Å². The lowest BCUT2D eigenvalue weighted by Gasteiger charge is -2.31. The van der Waals surface area contributed by atoms with Gasteiger partial charge in [0.1, 0.15) is 11.3 Å². The number of benzene rings is 1. The van der Waals surface area contributed by atoms with Gasteiger partial charge < -0.3 is 14.7 Å². The first-order chi connectivity index (χ1) is 13.8. The fraction of sp³-hybridized carbons (Fsp3) is 0.600. The fourth-order valence-corrected chi connectivity index (χ4v) is 5.44. The Balaban J connectivity index is 1.66. The van der Waals surface area contributed by atoms with Crippen LogP contribution in [0.3, 0.4) is 0 Å². The molecule has 1 heterocycles. The van der Waals surface area contributed by atoms with Crippen LogP contribution >= 0.6 is 0 Å². The first-order valence-electron chi connectivity index (χ1n) is 10.1. The standard InChI is InChI=1S/C20H28N2O6S/c1-21(15-7-3-2-4-8-15)19(24)14-28-20(25)17-13-16(9-10-18(17)23)29(26,27)22-11-5-6-12-22/h9-10,13,15,23H,2-8,11-12,14H2,1H3. The van der Waals surface area contributed by atoms with Gasteiger partial charge in [-0.25, -0.2) is 13.2 Å². The maximum atomic E-state index is 12.7. The lowest BCUT2D eigenvalue weighted by Crippen LogP contribution is -2.40. The van der Waals surface area contributed by atoms with Crippen LogP contribution in [0.15, 0.2) is 23.1 Å². The molecule has 9 heteroatoms. The average Bonchev–Trinajstić information content (AvgIpc) is 3.28. The molecule has 0 unspecified atom stereocenters. The monoisotopic (exact) mass is 424 g/mol. The van der Waals surface area contributed by atoms with Gasteiger partial charge in [0.05, 0.1) is 4.90 Å². The summed E-state index contributed by atoms with van der Waals surface area (Å²) >= 11 is 0. The maximum Gasteiger partial charge on any atom is 0.342 e. The highest BCUT2D eigenvalue weighted by Gasteiger charge is 2.29. The number of aromatic hydroxyl groups is 1. The topological polar surface area (TPSA) is 104 Å². The summed E-state index contributed by atoms with van der Waals surface area (Å²) in [6.45, 7) is 0.421. The molecule has 1 saturated heterocycles. The second kappa shape index (κ2) is 9.13. The molecular formula is C20H28N2O6S. The number of likely N-dealkylation sites (N-methyl/N-ethyl adjacent to an activating group) is 1. The molecular weight excluding hydrogens is 396 g/mol. The van der Waals surface area contributed by atoms with Gasteiger partial charge >= 0.3 is 5.97 Å². The average molecular weight is 425 g/mol. The van der Waals surface area contributed by atoms with Crippen LogP contribution in [0.25, 0.3) is 0 Å². The third-order valence-corrected chi connectivity index (χ3v) is 7.63. The van der Waals surface area contributed by atoms with E-state index in [2.05, 4.69) is 0 Å². The Kier molecular flexibility index (Phi) is 6.79. The number of sulfonamides is 1. The van der Waals surface area contributed by atoms with Gasteiger partial charge in [-0.3, -0.25) is 4.79 Å². The van der Waals surface area contributed by atoms with Gasteiger partial charge in [-0.1, -0.05) is 19.3 Å². The van der Waals surface area contributed by atoms with Crippen molar-refractivity contribution >= 4 is 21.9 Å². The number of esters is 1. The molecule has 0 bridgehead atoms. The molecule has 29 heavy (non-hydrogen) atoms. The molecule has 8 nitrogen and oxygen atoms in total. The zero-order valence-electron chi connectivity index (χ0n) is 16.7. The second-order valence-corrected chi connectivity index (χ2v) is 9.60. The van der Waals surface area contributed by atoms with Gasteiger partial charge in [-0.15, -0.1) is 0 Å². The number of ether oxygens (including phenoxy) is 1. The quantitative estimate of drug-likeness (QED) is 0.702. The van der Waals surface area contributed by atoms with Crippen LogP contribution in [0.5, 0.6) is 5.75 Å². The molecule has 1 N–H and O–H groups in total. The minimum Gasteiger partial charge on any atom is -0.507 e. The Morgan fingerprint density at radius 1 is 1.14 bits per heavy atom. The van der Waals surface area contributed by atoms with Crippen molar-refractivity contribution < 1.29 is 27.9 Å². The molecule has 2 aliphatic rings. The molecule has 1 aromatic rings. The number of rotatable bonds is 6. The summed E-state index contributed by atoms with van der Waals surface area (Å²) in [6.07, 6.45) is 6.79. The summed E-state index contributed by atoms with van der Waals surface area (Å²) in [7, 11) is -2.03. The molecule has 0 aromatic heterocycles. The van der Waals surface area contributed by atoms with E-state index in [1.54, 1.807) is 11.9 Å². The summed E-state index contributed by atoms with van der Waals surface area (Å²) in [5.74, 6) is -1.62. The van der Waals surface area contributed by atoms with Crippen molar-refractivity contribution in [1.29, 1.82) is 0 Å². The highest BCUT2D eigenvalue weighted by atomic mass is 32.2. The number of carbonyl (C=O) groups is 2. The van der Waals surface area contributed by atoms with E-state index in [1.165, 1.54) is 16.8 Å². The Hall–Kier alpha value is -2.13. The van der Waals surface area contributed by atoms with Crippen molar-refractivity contribution in [3.05, 3.63) is 23.8 Å². The van der Waals surface area contributed by atoms with Crippen LogP contribution in [0, 0.1) is 0 Å². The first kappa shape index (κ1) is 21.6. The Bertz CT molecular complexity index is 858. The van der Waals surface area contributed by atoms with Crippen molar-refractivity contribution in [3.63, 3.8) is 0 Å². The van der Waals surface area contributed by atoms with Crippen LogP contribution in [-0.2, 0) is 19.6 Å². The maximum absolute atomic E-state index is 12.7. The van der Waals surface area contributed by atoms with Crippen molar-refractivity contribution in [1.82, 2.24) is 9.21 Å². The van der Waals surface area contributed by atoms with Crippen molar-refractivity contribution in [2.75, 3.05) is 26.7 Å². The summed E-state index contributed by atoms with van der Waals surface area (Å²) in [6, 6.07) is 3.69. The minimum absolute atomic E-state index is 0.0743. The van der Waals surface area contributed by atoms with E-state index < -0.39 is 22.6 Å². The molecule has 1 aliphatic carbocycles. The molecule has 0 radical (unpaired) electrons. The predicted molar refractivity (Wildman–Crippen MR) is 106 cm³/mol. The lowest BCUT2D eigenvalue weighted by molar-refractivity contribution is -0.135. The zero-order valence-corrected chi connectivity index (χ0v) is 17.5. The van der Waals surface area contributed by atoms with Crippen LogP contribution in [-0.4, -0.2) is 67.4 Å². The minimum atomic E-state index is -3.73. The van der Waals surface area contributed by atoms with Crippen LogP contribution in [0.4, 0.5) is 0 Å². The van der Waals surface area contributed by atoms with Crippen molar-refractivity contribution in [3.8, 4) is 5.75 Å². The smallest absolute Gasteiger partial charge is 0.342 e. The SMILES string of the molecule is CN(C(=O)COC(=O)c1cc(S(=O)(=O)N2CCCC2)ccc1O)C1CCCCC1. The van der Waals surface area contributed by atoms with E-state index in [0.29, 0.717) is 13.1 Å². The van der Waals surface area contributed by atoms with Crippen LogP contribution in [0.1, 0.15) is 55.3 Å². The number of nitrogens with zero attached hydrogens (tertiary/aromatic N) is 2. The third-order valence-electron chi connectivity index (χ3n) is 5.73. The number of hydrogen-bond acceptors (Lipinski definition) is 6. The number of carbonyl (C=O) groups excluding carboxylic acids is 2. The van der Waals surface area contributed by atoms with Crippen LogP contribution < -0.4 is 0 Å². The molecule has 2 fully saturated rings. The Morgan fingerprint density at radius 2 is 1.79 bits per heavy atom. The third kappa shape index (κ3) is 4.90. The van der Waals surface area contributed by atoms with Gasteiger partial charge in [0.15, 0.2) is 6.61 Å². The van der Waals surface area contributed by atoms with Gasteiger partial charge in [-0.2, -0.15) is 4.31 Å². The summed E-state index contributed by atoms with van der Waals surface area (Å²) in [5, 5.41) is 10.0. The summed E-state index contributed by atoms with van der Waals surface area (Å²) < 4.78 is 31.8. The first-order valence-corrected chi connectivity index (χ1v) is 11.5. The Labute approximate surface area is 171 Å². The molecule has 0 atom stereocenters. The molecule has 0 spiro atoms. The normalized spacial score (nSPS) is 18.5. The summed E-state index contributed by atoms with van der Waals surface area (Å²) in [4.78, 5) is 26.3. The molecule has 160 valence electrons. The molecule has 1 saturated carbocycles. The van der Waals surface area contributed by atoms with E-state index >= 15 is 0 Å². The number of amides is 1. The summed E-state index contributed by atoms with van der Waals surface area (Å²) in [5.41, 5.74) is -0.265.